The molecule has 0 bridgehead atoms. The van der Waals surface area contributed by atoms with Gasteiger partial charge in [0.25, 0.3) is 5.91 Å². The Morgan fingerprint density at radius 3 is 3.00 bits per heavy atom. The van der Waals surface area contributed by atoms with Crippen LogP contribution in [0, 0.1) is 0 Å². The smallest absolute Gasteiger partial charge is 0.252 e. The molecule has 1 rings (SSSR count). The first-order valence-electron chi connectivity index (χ1n) is 4.79. The summed E-state index contributed by atoms with van der Waals surface area (Å²) in [5.41, 5.74) is 0.411. The Bertz CT molecular complexity index is 398. The van der Waals surface area contributed by atoms with Crippen molar-refractivity contribution < 1.29 is 9.00 Å². The minimum atomic E-state index is -0.817. The van der Waals surface area contributed by atoms with Crippen LogP contribution in [0.5, 0.6) is 0 Å². The molecule has 1 aromatic heterocycles. The van der Waals surface area contributed by atoms with E-state index in [9.17, 15) is 9.00 Å². The Hall–Kier alpha value is -0.940. The van der Waals surface area contributed by atoms with Gasteiger partial charge >= 0.3 is 0 Å². The molecule has 0 aliphatic rings. The standard InChI is InChI=1S/C10H13ClN2O2S/c1-16(15)6-2-4-13-10(14)8-3-5-12-7-9(8)11/h3,5,7H,2,4,6H2,1H3,(H,13,14). The maximum absolute atomic E-state index is 11.6. The molecule has 0 fully saturated rings. The highest BCUT2D eigenvalue weighted by Gasteiger charge is 2.08. The number of hydrogen-bond acceptors (Lipinski definition) is 3. The quantitative estimate of drug-likeness (QED) is 0.811. The fourth-order valence-corrected chi connectivity index (χ4v) is 1.89. The summed E-state index contributed by atoms with van der Waals surface area (Å²) in [6.07, 6.45) is 5.28. The molecule has 0 saturated heterocycles. The first-order valence-corrected chi connectivity index (χ1v) is 6.89. The molecule has 0 spiro atoms. The summed E-state index contributed by atoms with van der Waals surface area (Å²) < 4.78 is 10.8. The average Bonchev–Trinajstić information content (AvgIpc) is 2.24. The van der Waals surface area contributed by atoms with E-state index >= 15 is 0 Å². The fourth-order valence-electron chi connectivity index (χ4n) is 1.13. The monoisotopic (exact) mass is 260 g/mol. The van der Waals surface area contributed by atoms with Crippen LogP contribution in [0.1, 0.15) is 16.8 Å². The van der Waals surface area contributed by atoms with Crippen LogP contribution in [0.3, 0.4) is 0 Å². The summed E-state index contributed by atoms with van der Waals surface area (Å²) in [5, 5.41) is 3.04. The lowest BCUT2D eigenvalue weighted by atomic mass is 10.2. The van der Waals surface area contributed by atoms with Gasteiger partial charge in [0, 0.05) is 41.7 Å². The molecular formula is C10H13ClN2O2S. The highest BCUT2D eigenvalue weighted by atomic mass is 35.5. The molecule has 0 saturated carbocycles. The predicted molar refractivity (Wildman–Crippen MR) is 65.1 cm³/mol. The van der Waals surface area contributed by atoms with Gasteiger partial charge in [0.15, 0.2) is 0 Å². The van der Waals surface area contributed by atoms with Crippen molar-refractivity contribution in [3.63, 3.8) is 0 Å². The number of rotatable bonds is 5. The Morgan fingerprint density at radius 2 is 2.38 bits per heavy atom. The molecule has 4 nitrogen and oxygen atoms in total. The van der Waals surface area contributed by atoms with Gasteiger partial charge in [0.2, 0.25) is 0 Å². The van der Waals surface area contributed by atoms with Crippen molar-refractivity contribution in [2.24, 2.45) is 0 Å². The maximum Gasteiger partial charge on any atom is 0.252 e. The van der Waals surface area contributed by atoms with Gasteiger partial charge in [-0.2, -0.15) is 0 Å². The molecule has 1 aromatic rings. The van der Waals surface area contributed by atoms with Gasteiger partial charge in [0.05, 0.1) is 10.6 Å². The Balaban J connectivity index is 2.41. The highest BCUT2D eigenvalue weighted by Crippen LogP contribution is 2.12. The Morgan fingerprint density at radius 1 is 1.62 bits per heavy atom. The molecule has 0 aliphatic heterocycles. The number of carbonyl (C=O) groups excluding carboxylic acids is 1. The third kappa shape index (κ3) is 4.28. The molecule has 16 heavy (non-hydrogen) atoms. The van der Waals surface area contributed by atoms with Crippen molar-refractivity contribution in [2.45, 2.75) is 6.42 Å². The number of pyridine rings is 1. The van der Waals surface area contributed by atoms with Gasteiger partial charge < -0.3 is 5.32 Å². The first kappa shape index (κ1) is 13.1. The lowest BCUT2D eigenvalue weighted by Gasteiger charge is -2.05. The van der Waals surface area contributed by atoms with Crippen LogP contribution in [0.2, 0.25) is 5.02 Å². The number of hydrogen-bond donors (Lipinski definition) is 1. The van der Waals surface area contributed by atoms with Crippen molar-refractivity contribution in [1.82, 2.24) is 10.3 Å². The van der Waals surface area contributed by atoms with Crippen molar-refractivity contribution in [3.8, 4) is 0 Å². The van der Waals surface area contributed by atoms with Gasteiger partial charge in [-0.3, -0.25) is 14.0 Å². The number of nitrogens with zero attached hydrogens (tertiary/aromatic N) is 1. The number of nitrogens with one attached hydrogen (secondary N) is 1. The van der Waals surface area contributed by atoms with E-state index in [1.807, 2.05) is 0 Å². The topological polar surface area (TPSA) is 59.1 Å². The summed E-state index contributed by atoms with van der Waals surface area (Å²) in [4.78, 5) is 15.4. The van der Waals surface area contributed by atoms with Crippen molar-refractivity contribution >= 4 is 28.3 Å². The zero-order valence-corrected chi connectivity index (χ0v) is 10.5. The van der Waals surface area contributed by atoms with Gasteiger partial charge in [-0.25, -0.2) is 0 Å². The van der Waals surface area contributed by atoms with E-state index < -0.39 is 10.8 Å². The van der Waals surface area contributed by atoms with Crippen molar-refractivity contribution in [2.75, 3.05) is 18.6 Å². The highest BCUT2D eigenvalue weighted by molar-refractivity contribution is 7.84. The molecule has 0 radical (unpaired) electrons. The maximum atomic E-state index is 11.6. The Kier molecular flexibility index (Phi) is 5.42. The zero-order valence-electron chi connectivity index (χ0n) is 8.90. The molecular weight excluding hydrogens is 248 g/mol. The molecule has 6 heteroatoms. The molecule has 88 valence electrons. The van der Waals surface area contributed by atoms with E-state index in [0.29, 0.717) is 29.3 Å². The summed E-state index contributed by atoms with van der Waals surface area (Å²) in [6.45, 7) is 0.497. The van der Waals surface area contributed by atoms with Gasteiger partial charge in [-0.1, -0.05) is 11.6 Å². The van der Waals surface area contributed by atoms with Crippen molar-refractivity contribution in [3.05, 3.63) is 29.0 Å². The van der Waals surface area contributed by atoms with E-state index in [4.69, 9.17) is 11.6 Å². The summed E-state index contributed by atoms with van der Waals surface area (Å²) in [7, 11) is -0.817. The molecule has 1 N–H and O–H groups in total. The van der Waals surface area contributed by atoms with Crippen molar-refractivity contribution in [1.29, 1.82) is 0 Å². The van der Waals surface area contributed by atoms with Crippen LogP contribution in [0.15, 0.2) is 18.5 Å². The lowest BCUT2D eigenvalue weighted by Crippen LogP contribution is -2.25. The third-order valence-corrected chi connectivity index (χ3v) is 3.08. The molecule has 1 unspecified atom stereocenters. The molecule has 0 aliphatic carbocycles. The minimum absolute atomic E-state index is 0.228. The normalized spacial score (nSPS) is 12.1. The number of amides is 1. The van der Waals surface area contributed by atoms with Crippen LogP contribution in [0.4, 0.5) is 0 Å². The molecule has 0 aromatic carbocycles. The van der Waals surface area contributed by atoms with E-state index in [0.717, 1.165) is 0 Å². The number of aromatic nitrogens is 1. The fraction of sp³-hybridized carbons (Fsp3) is 0.400. The number of halogens is 1. The van der Waals surface area contributed by atoms with Crippen LogP contribution < -0.4 is 5.32 Å². The van der Waals surface area contributed by atoms with E-state index in [1.54, 1.807) is 12.3 Å². The second-order valence-electron chi connectivity index (χ2n) is 3.24. The van der Waals surface area contributed by atoms with Gasteiger partial charge in [-0.05, 0) is 12.5 Å². The van der Waals surface area contributed by atoms with Crippen LogP contribution in [-0.2, 0) is 10.8 Å². The van der Waals surface area contributed by atoms with Gasteiger partial charge in [-0.15, -0.1) is 0 Å². The molecule has 1 heterocycles. The van der Waals surface area contributed by atoms with Crippen LogP contribution >= 0.6 is 11.6 Å². The second-order valence-corrected chi connectivity index (χ2v) is 5.20. The zero-order chi connectivity index (χ0) is 12.0. The summed E-state index contributed by atoms with van der Waals surface area (Å²) in [6, 6.07) is 1.57. The summed E-state index contributed by atoms with van der Waals surface area (Å²) in [5.74, 6) is 0.360. The largest absolute Gasteiger partial charge is 0.352 e. The Labute approximate surface area is 102 Å². The van der Waals surface area contributed by atoms with E-state index in [2.05, 4.69) is 10.3 Å². The van der Waals surface area contributed by atoms with Gasteiger partial charge in [0.1, 0.15) is 0 Å². The molecule has 1 amide bonds. The molecule has 1 atom stereocenters. The van der Waals surface area contributed by atoms with Crippen LogP contribution in [0.25, 0.3) is 0 Å². The van der Waals surface area contributed by atoms with Crippen LogP contribution in [-0.4, -0.2) is 33.7 Å². The predicted octanol–water partition coefficient (Wildman–Crippen LogP) is 1.23. The average molecular weight is 261 g/mol. The van der Waals surface area contributed by atoms with E-state index in [1.165, 1.54) is 12.4 Å². The third-order valence-electron chi connectivity index (χ3n) is 1.91. The minimum Gasteiger partial charge on any atom is -0.352 e. The lowest BCUT2D eigenvalue weighted by molar-refractivity contribution is 0.0954. The number of carbonyl (C=O) groups is 1. The SMILES string of the molecule is CS(=O)CCCNC(=O)c1ccncc1Cl. The first-order chi connectivity index (χ1) is 7.61. The second kappa shape index (κ2) is 6.60. The summed E-state index contributed by atoms with van der Waals surface area (Å²) >= 11 is 5.81. The van der Waals surface area contributed by atoms with E-state index in [-0.39, 0.29) is 5.91 Å².